The Labute approximate surface area is 107 Å². The van der Waals surface area contributed by atoms with Crippen LogP contribution in [0.1, 0.15) is 5.69 Å². The Balaban J connectivity index is 3.26. The third-order valence-corrected chi connectivity index (χ3v) is 2.14. The van der Waals surface area contributed by atoms with Crippen LogP contribution < -0.4 is 4.90 Å². The van der Waals surface area contributed by atoms with E-state index in [1.807, 2.05) is 0 Å². The molecule has 0 aliphatic rings. The summed E-state index contributed by atoms with van der Waals surface area (Å²) in [5.74, 6) is -2.88. The molecule has 0 aliphatic carbocycles. The first-order valence-corrected chi connectivity index (χ1v) is 5.12. The van der Waals surface area contributed by atoms with Gasteiger partial charge in [-0.3, -0.25) is 19.7 Å². The van der Waals surface area contributed by atoms with Crippen LogP contribution in [0.4, 0.5) is 11.5 Å². The number of aryl methyl sites for hydroxylation is 1. The fourth-order valence-corrected chi connectivity index (χ4v) is 1.44. The van der Waals surface area contributed by atoms with Gasteiger partial charge in [-0.25, -0.2) is 4.98 Å². The summed E-state index contributed by atoms with van der Waals surface area (Å²) in [6.07, 6.45) is 0. The van der Waals surface area contributed by atoms with Gasteiger partial charge in [0.15, 0.2) is 0 Å². The molecule has 1 aromatic rings. The van der Waals surface area contributed by atoms with E-state index in [1.54, 1.807) is 6.92 Å². The van der Waals surface area contributed by atoms with Crippen LogP contribution in [0.15, 0.2) is 12.1 Å². The Kier molecular flexibility index (Phi) is 4.35. The van der Waals surface area contributed by atoms with Crippen molar-refractivity contribution in [2.75, 3.05) is 18.0 Å². The number of carboxylic acid groups (broad SMARTS) is 2. The van der Waals surface area contributed by atoms with Gasteiger partial charge in [0, 0.05) is 11.8 Å². The maximum atomic E-state index is 10.9. The van der Waals surface area contributed by atoms with Crippen molar-refractivity contribution in [3.05, 3.63) is 27.9 Å². The first-order chi connectivity index (χ1) is 8.81. The van der Waals surface area contributed by atoms with Gasteiger partial charge in [-0.2, -0.15) is 0 Å². The van der Waals surface area contributed by atoms with Crippen LogP contribution in [0.25, 0.3) is 0 Å². The summed E-state index contributed by atoms with van der Waals surface area (Å²) in [5.41, 5.74) is -0.0190. The van der Waals surface area contributed by atoms with Gasteiger partial charge in [0.1, 0.15) is 13.1 Å². The number of hydrogen-bond acceptors (Lipinski definition) is 6. The number of nitro groups is 1. The quantitative estimate of drug-likeness (QED) is 0.555. The molecule has 0 saturated carbocycles. The molecule has 0 fully saturated rings. The first-order valence-electron chi connectivity index (χ1n) is 5.12. The molecule has 102 valence electrons. The lowest BCUT2D eigenvalue weighted by Crippen LogP contribution is -2.35. The molecule has 9 nitrogen and oxygen atoms in total. The van der Waals surface area contributed by atoms with E-state index in [2.05, 4.69) is 4.98 Å². The summed E-state index contributed by atoms with van der Waals surface area (Å²) in [6.45, 7) is 0.181. The predicted molar refractivity (Wildman–Crippen MR) is 63.1 cm³/mol. The standard InChI is InChI=1S/C10H11N3O6/c1-6-2-3-7(13(18)19)10(11-6)12(4-8(14)15)5-9(16)17/h2-3H,4-5H2,1H3,(H,14,15)(H,16,17). The van der Waals surface area contributed by atoms with E-state index >= 15 is 0 Å². The lowest BCUT2D eigenvalue weighted by atomic mass is 10.3. The average molecular weight is 269 g/mol. The van der Waals surface area contributed by atoms with Crippen LogP contribution in [-0.4, -0.2) is 45.1 Å². The number of aliphatic carboxylic acids is 2. The van der Waals surface area contributed by atoms with Gasteiger partial charge in [0.05, 0.1) is 4.92 Å². The van der Waals surface area contributed by atoms with Gasteiger partial charge in [0.2, 0.25) is 5.82 Å². The molecule has 1 rings (SSSR count). The summed E-state index contributed by atoms with van der Waals surface area (Å²) < 4.78 is 0. The third kappa shape index (κ3) is 3.91. The Morgan fingerprint density at radius 2 is 1.84 bits per heavy atom. The molecule has 0 bridgehead atoms. The van der Waals surface area contributed by atoms with Crippen LogP contribution in [-0.2, 0) is 9.59 Å². The molecule has 19 heavy (non-hydrogen) atoms. The van der Waals surface area contributed by atoms with Crippen molar-refractivity contribution in [3.63, 3.8) is 0 Å². The highest BCUT2D eigenvalue weighted by atomic mass is 16.6. The minimum atomic E-state index is -1.31. The van der Waals surface area contributed by atoms with Crippen LogP contribution in [0.3, 0.4) is 0 Å². The highest BCUT2D eigenvalue weighted by molar-refractivity contribution is 5.80. The van der Waals surface area contributed by atoms with Crippen LogP contribution in [0.2, 0.25) is 0 Å². The van der Waals surface area contributed by atoms with Crippen molar-refractivity contribution >= 4 is 23.4 Å². The normalized spacial score (nSPS) is 9.95. The van der Waals surface area contributed by atoms with Crippen molar-refractivity contribution in [1.82, 2.24) is 4.98 Å². The number of nitrogens with zero attached hydrogens (tertiary/aromatic N) is 3. The van der Waals surface area contributed by atoms with Crippen molar-refractivity contribution < 1.29 is 24.7 Å². The van der Waals surface area contributed by atoms with Crippen molar-refractivity contribution in [1.29, 1.82) is 0 Å². The molecule has 2 N–H and O–H groups in total. The summed E-state index contributed by atoms with van der Waals surface area (Å²) in [5, 5.41) is 28.3. The summed E-state index contributed by atoms with van der Waals surface area (Å²) in [6, 6.07) is 2.55. The number of pyridine rings is 1. The maximum Gasteiger partial charge on any atom is 0.323 e. The Hall–Kier alpha value is -2.71. The molecular weight excluding hydrogens is 258 g/mol. The Morgan fingerprint density at radius 1 is 1.32 bits per heavy atom. The number of carboxylic acids is 2. The van der Waals surface area contributed by atoms with Gasteiger partial charge < -0.3 is 15.1 Å². The number of hydrogen-bond donors (Lipinski definition) is 2. The molecule has 1 aromatic heterocycles. The second-order valence-electron chi connectivity index (χ2n) is 3.70. The number of anilines is 1. The number of carbonyl (C=O) groups is 2. The van der Waals surface area contributed by atoms with Crippen molar-refractivity contribution in [2.45, 2.75) is 6.92 Å². The van der Waals surface area contributed by atoms with E-state index in [9.17, 15) is 19.7 Å². The molecule has 0 aliphatic heterocycles. The average Bonchev–Trinajstić information content (AvgIpc) is 2.26. The highest BCUT2D eigenvalue weighted by Crippen LogP contribution is 2.25. The monoisotopic (exact) mass is 269 g/mol. The van der Waals surface area contributed by atoms with Gasteiger partial charge in [0.25, 0.3) is 0 Å². The predicted octanol–water partition coefficient (Wildman–Crippen LogP) is 0.274. The maximum absolute atomic E-state index is 10.9. The van der Waals surface area contributed by atoms with Gasteiger partial charge >= 0.3 is 17.6 Å². The molecule has 0 spiro atoms. The molecule has 0 saturated heterocycles. The summed E-state index contributed by atoms with van der Waals surface area (Å²) >= 11 is 0. The minimum absolute atomic E-state index is 0.269. The fraction of sp³-hybridized carbons (Fsp3) is 0.300. The SMILES string of the molecule is Cc1ccc([N+](=O)[O-])c(N(CC(=O)O)CC(=O)O)n1. The fourth-order valence-electron chi connectivity index (χ4n) is 1.44. The van der Waals surface area contributed by atoms with Gasteiger partial charge in [-0.05, 0) is 13.0 Å². The third-order valence-electron chi connectivity index (χ3n) is 2.14. The molecule has 0 aromatic carbocycles. The van der Waals surface area contributed by atoms with Crippen LogP contribution in [0.5, 0.6) is 0 Å². The summed E-state index contributed by atoms with van der Waals surface area (Å²) in [7, 11) is 0. The topological polar surface area (TPSA) is 134 Å². The molecule has 0 unspecified atom stereocenters. The van der Waals surface area contributed by atoms with E-state index in [1.165, 1.54) is 6.07 Å². The zero-order valence-corrected chi connectivity index (χ0v) is 9.94. The van der Waals surface area contributed by atoms with E-state index in [-0.39, 0.29) is 5.82 Å². The van der Waals surface area contributed by atoms with Crippen LogP contribution in [0, 0.1) is 17.0 Å². The van der Waals surface area contributed by atoms with E-state index in [0.29, 0.717) is 5.69 Å². The number of aromatic nitrogens is 1. The van der Waals surface area contributed by atoms with Crippen LogP contribution >= 0.6 is 0 Å². The molecule has 0 radical (unpaired) electrons. The first kappa shape index (κ1) is 14.4. The summed E-state index contributed by atoms with van der Waals surface area (Å²) in [4.78, 5) is 36.2. The minimum Gasteiger partial charge on any atom is -0.480 e. The Bertz CT molecular complexity index is 514. The largest absolute Gasteiger partial charge is 0.480 e. The lowest BCUT2D eigenvalue weighted by molar-refractivity contribution is -0.384. The highest BCUT2D eigenvalue weighted by Gasteiger charge is 2.24. The Morgan fingerprint density at radius 3 is 2.26 bits per heavy atom. The smallest absolute Gasteiger partial charge is 0.323 e. The zero-order chi connectivity index (χ0) is 14.6. The van der Waals surface area contributed by atoms with E-state index < -0.39 is 35.6 Å². The van der Waals surface area contributed by atoms with Gasteiger partial charge in [-0.1, -0.05) is 0 Å². The van der Waals surface area contributed by atoms with E-state index in [0.717, 1.165) is 11.0 Å². The molecule has 9 heteroatoms. The molecule has 1 heterocycles. The molecular formula is C10H11N3O6. The second kappa shape index (κ2) is 5.76. The number of rotatable bonds is 6. The van der Waals surface area contributed by atoms with Crippen molar-refractivity contribution in [2.24, 2.45) is 0 Å². The zero-order valence-electron chi connectivity index (χ0n) is 9.94. The van der Waals surface area contributed by atoms with Gasteiger partial charge in [-0.15, -0.1) is 0 Å². The lowest BCUT2D eigenvalue weighted by Gasteiger charge is -2.19. The molecule has 0 atom stereocenters. The van der Waals surface area contributed by atoms with Crippen molar-refractivity contribution in [3.8, 4) is 0 Å². The second-order valence-corrected chi connectivity index (χ2v) is 3.70. The van der Waals surface area contributed by atoms with E-state index in [4.69, 9.17) is 10.2 Å². The molecule has 0 amide bonds.